The Hall–Kier alpha value is -7.44. The molecule has 0 saturated heterocycles. The quantitative estimate of drug-likeness (QED) is 0.0362. The van der Waals surface area contributed by atoms with Crippen molar-refractivity contribution in [2.75, 3.05) is 29.5 Å². The molecule has 13 nitrogen and oxygen atoms in total. The summed E-state index contributed by atoms with van der Waals surface area (Å²) >= 11 is 0. The zero-order chi connectivity index (χ0) is 53.2. The van der Waals surface area contributed by atoms with E-state index < -0.39 is 47.7 Å². The van der Waals surface area contributed by atoms with Gasteiger partial charge in [-0.2, -0.15) is 0 Å². The summed E-state index contributed by atoms with van der Waals surface area (Å²) in [5.74, 6) is -0.956. The molecule has 0 saturated carbocycles. The highest BCUT2D eigenvalue weighted by Crippen LogP contribution is 2.33. The number of esters is 2. The molecule has 6 rings (SSSR count). The van der Waals surface area contributed by atoms with Gasteiger partial charge in [-0.1, -0.05) is 90.1 Å². The Morgan fingerprint density at radius 2 is 0.822 bits per heavy atom. The molecular weight excluding hydrogens is 959 g/mol. The Kier molecular flexibility index (Phi) is 17.3. The first-order valence-corrected chi connectivity index (χ1v) is 23.4. The monoisotopic (exact) mass is 1020 g/mol. The van der Waals surface area contributed by atoms with Crippen molar-refractivity contribution < 1.29 is 59.6 Å². The van der Waals surface area contributed by atoms with Gasteiger partial charge in [0.1, 0.15) is 23.0 Å². The van der Waals surface area contributed by atoms with Crippen molar-refractivity contribution in [3.05, 3.63) is 155 Å². The van der Waals surface area contributed by atoms with Crippen molar-refractivity contribution in [2.45, 2.75) is 110 Å². The Labute approximate surface area is 420 Å². The first kappa shape index (κ1) is 54.9. The SMILES string of the molecule is CCc1cnc(N(Cc2ccc(OC(F)(F)F)cc2)CC(C)(C)c2ccc(OCC(=O)OC(=O)C(C)(C)Oc3ccc(C(C)(C)CN(Cc4ccc(OC(F)(F)F)cc4)c4ncc(CC)cn4)cc3)cc2)nc1. The van der Waals surface area contributed by atoms with Crippen LogP contribution >= 0.6 is 0 Å². The molecular formula is C54H58F6N6O7. The van der Waals surface area contributed by atoms with Crippen LogP contribution in [0, 0.1) is 0 Å². The Morgan fingerprint density at radius 1 is 0.479 bits per heavy atom. The molecule has 19 heteroatoms. The maximum absolute atomic E-state index is 13.2. The number of anilines is 2. The van der Waals surface area contributed by atoms with Crippen molar-refractivity contribution in [3.8, 4) is 23.0 Å². The normalized spacial score (nSPS) is 12.2. The minimum Gasteiger partial charge on any atom is -0.482 e. The summed E-state index contributed by atoms with van der Waals surface area (Å²) < 4.78 is 102. The van der Waals surface area contributed by atoms with Gasteiger partial charge in [0.15, 0.2) is 6.61 Å². The van der Waals surface area contributed by atoms with Gasteiger partial charge in [0, 0.05) is 61.8 Å². The van der Waals surface area contributed by atoms with Gasteiger partial charge in [-0.25, -0.2) is 29.5 Å². The van der Waals surface area contributed by atoms with Gasteiger partial charge in [-0.15, -0.1) is 26.3 Å². The molecule has 0 unspecified atom stereocenters. The predicted molar refractivity (Wildman–Crippen MR) is 261 cm³/mol. The maximum Gasteiger partial charge on any atom is 0.573 e. The Morgan fingerprint density at radius 3 is 1.18 bits per heavy atom. The highest BCUT2D eigenvalue weighted by molar-refractivity contribution is 5.90. The molecule has 0 N–H and O–H groups in total. The summed E-state index contributed by atoms with van der Waals surface area (Å²) in [6.07, 6.45) is -1.16. The van der Waals surface area contributed by atoms with Crippen LogP contribution in [0.1, 0.15) is 88.8 Å². The second-order valence-corrected chi connectivity index (χ2v) is 19.1. The van der Waals surface area contributed by atoms with E-state index >= 15 is 0 Å². The molecule has 0 radical (unpaired) electrons. The number of rotatable bonds is 22. The second-order valence-electron chi connectivity index (χ2n) is 19.1. The van der Waals surface area contributed by atoms with E-state index in [1.165, 1.54) is 38.1 Å². The lowest BCUT2D eigenvalue weighted by molar-refractivity contribution is -0.275. The Bertz CT molecular complexity index is 2740. The van der Waals surface area contributed by atoms with E-state index in [-0.39, 0.29) is 18.0 Å². The lowest BCUT2D eigenvalue weighted by Crippen LogP contribution is -2.41. The molecule has 0 aliphatic rings. The van der Waals surface area contributed by atoms with Gasteiger partial charge >= 0.3 is 24.7 Å². The molecule has 0 fully saturated rings. The van der Waals surface area contributed by atoms with E-state index in [4.69, 9.17) is 14.2 Å². The Balaban J connectivity index is 1.03. The number of alkyl halides is 6. The molecule has 0 spiro atoms. The average molecular weight is 1020 g/mol. The fourth-order valence-corrected chi connectivity index (χ4v) is 7.66. The van der Waals surface area contributed by atoms with E-state index in [1.54, 1.807) is 73.3 Å². The highest BCUT2D eigenvalue weighted by Gasteiger charge is 2.35. The van der Waals surface area contributed by atoms with Gasteiger partial charge in [0.2, 0.25) is 17.5 Å². The van der Waals surface area contributed by atoms with Crippen LogP contribution in [-0.4, -0.2) is 69.9 Å². The molecule has 0 atom stereocenters. The minimum absolute atomic E-state index is 0.290. The summed E-state index contributed by atoms with van der Waals surface area (Å²) in [6.45, 7) is 15.8. The fourth-order valence-electron chi connectivity index (χ4n) is 7.66. The standard InChI is InChI=1S/C54H58F6N6O7/c1-9-36-27-61-48(62-28-36)65(31-38-11-19-44(20-12-38)72-53(55,56)57)34-50(3,4)40-15-23-42(24-16-40)69-33-46(67)70-47(68)52(7,8)71-43-25-17-41(18-26-43)51(5,6)35-66(49-63-29-37(10-2)30-64-49)32-39-13-21-45(22-14-39)73-54(58,59)60/h11-30H,9-10,31-35H2,1-8H3. The van der Waals surface area contributed by atoms with Crippen LogP contribution in [0.15, 0.2) is 122 Å². The van der Waals surface area contributed by atoms with Crippen LogP contribution in [0.25, 0.3) is 0 Å². The number of carbonyl (C=O) groups is 2. The second kappa shape index (κ2) is 23.0. The van der Waals surface area contributed by atoms with Crippen LogP contribution in [0.4, 0.5) is 38.2 Å². The van der Waals surface area contributed by atoms with Gasteiger partial charge in [-0.05, 0) is 109 Å². The van der Waals surface area contributed by atoms with Gasteiger partial charge in [0.25, 0.3) is 0 Å². The van der Waals surface area contributed by atoms with Crippen LogP contribution in [0.3, 0.4) is 0 Å². The third-order valence-electron chi connectivity index (χ3n) is 11.7. The van der Waals surface area contributed by atoms with Crippen LogP contribution in [-0.2, 0) is 51.1 Å². The van der Waals surface area contributed by atoms with E-state index in [0.717, 1.165) is 35.1 Å². The molecule has 6 aromatic rings. The summed E-state index contributed by atoms with van der Waals surface area (Å²) in [7, 11) is 0. The molecule has 0 amide bonds. The first-order valence-electron chi connectivity index (χ1n) is 23.4. The molecule has 4 aromatic carbocycles. The maximum atomic E-state index is 13.2. The van der Waals surface area contributed by atoms with Crippen molar-refractivity contribution in [3.63, 3.8) is 0 Å². The third kappa shape index (κ3) is 16.3. The first-order chi connectivity index (χ1) is 34.3. The number of aromatic nitrogens is 4. The van der Waals surface area contributed by atoms with E-state index in [1.807, 2.05) is 75.6 Å². The number of benzene rings is 4. The van der Waals surface area contributed by atoms with Crippen LogP contribution in [0.2, 0.25) is 0 Å². The number of aryl methyl sites for hydroxylation is 2. The largest absolute Gasteiger partial charge is 0.573 e. The smallest absolute Gasteiger partial charge is 0.482 e. The topological polar surface area (TPSA) is 138 Å². The van der Waals surface area contributed by atoms with E-state index in [0.29, 0.717) is 54.2 Å². The predicted octanol–water partition coefficient (Wildman–Crippen LogP) is 11.5. The molecule has 388 valence electrons. The average Bonchev–Trinajstić information content (AvgIpc) is 3.33. The number of halogens is 6. The summed E-state index contributed by atoms with van der Waals surface area (Å²) in [5.41, 5.74) is 2.49. The van der Waals surface area contributed by atoms with Crippen molar-refractivity contribution in [2.24, 2.45) is 0 Å². The van der Waals surface area contributed by atoms with Gasteiger partial charge < -0.3 is 33.5 Å². The van der Waals surface area contributed by atoms with E-state index in [2.05, 4.69) is 29.4 Å². The summed E-state index contributed by atoms with van der Waals surface area (Å²) in [6, 6.07) is 25.4. The molecule has 2 heterocycles. The van der Waals surface area contributed by atoms with E-state index in [9.17, 15) is 35.9 Å². The summed E-state index contributed by atoms with van der Waals surface area (Å²) in [4.78, 5) is 48.3. The van der Waals surface area contributed by atoms with Crippen molar-refractivity contribution in [1.82, 2.24) is 19.9 Å². The van der Waals surface area contributed by atoms with Gasteiger partial charge in [-0.3, -0.25) is 0 Å². The number of nitrogens with zero attached hydrogens (tertiary/aromatic N) is 6. The number of ether oxygens (including phenoxy) is 5. The molecule has 0 aliphatic carbocycles. The lowest BCUT2D eigenvalue weighted by atomic mass is 9.84. The number of hydrogen-bond donors (Lipinski definition) is 0. The molecule has 0 aliphatic heterocycles. The van der Waals surface area contributed by atoms with Gasteiger partial charge in [0.05, 0.1) is 0 Å². The highest BCUT2D eigenvalue weighted by atomic mass is 19.4. The van der Waals surface area contributed by atoms with Crippen LogP contribution in [0.5, 0.6) is 23.0 Å². The summed E-state index contributed by atoms with van der Waals surface area (Å²) in [5, 5.41) is 0. The zero-order valence-corrected chi connectivity index (χ0v) is 41.8. The minimum atomic E-state index is -4.81. The molecule has 73 heavy (non-hydrogen) atoms. The van der Waals surface area contributed by atoms with Crippen molar-refractivity contribution >= 4 is 23.8 Å². The fraction of sp³-hybridized carbons (Fsp3) is 0.370. The molecule has 2 aromatic heterocycles. The number of carbonyl (C=O) groups excluding carboxylic acids is 2. The molecule has 0 bridgehead atoms. The zero-order valence-electron chi connectivity index (χ0n) is 41.8. The third-order valence-corrected chi connectivity index (χ3v) is 11.7. The van der Waals surface area contributed by atoms with Crippen LogP contribution < -0.4 is 28.7 Å². The van der Waals surface area contributed by atoms with Crippen molar-refractivity contribution in [1.29, 1.82) is 0 Å². The lowest BCUT2D eigenvalue weighted by Gasteiger charge is -2.33. The number of hydrogen-bond acceptors (Lipinski definition) is 13.